The third-order valence-electron chi connectivity index (χ3n) is 4.79. The first kappa shape index (κ1) is 17.4. The lowest BCUT2D eigenvalue weighted by molar-refractivity contribution is -0.132. The van der Waals surface area contributed by atoms with Crippen LogP contribution in [0.5, 0.6) is 0 Å². The quantitative estimate of drug-likeness (QED) is 0.701. The van der Waals surface area contributed by atoms with Crippen LogP contribution < -0.4 is 10.5 Å². The Morgan fingerprint density at radius 1 is 1.07 bits per heavy atom. The lowest BCUT2D eigenvalue weighted by atomic mass is 10.2. The Labute approximate surface area is 160 Å². The summed E-state index contributed by atoms with van der Waals surface area (Å²) in [5.41, 5.74) is 0.440. The number of aromatic amines is 1. The average molecular weight is 381 g/mol. The van der Waals surface area contributed by atoms with Crippen molar-refractivity contribution >= 4 is 34.8 Å². The monoisotopic (exact) mass is 381 g/mol. The van der Waals surface area contributed by atoms with E-state index in [9.17, 15) is 9.59 Å². The minimum Gasteiger partial charge on any atom is -0.353 e. The molecule has 1 N–H and O–H groups in total. The minimum absolute atomic E-state index is 0.0530. The molecule has 3 aromatic rings. The number of nitrogens with one attached hydrogen (secondary N) is 1. The molecule has 2 aromatic heterocycles. The molecule has 0 aliphatic carbocycles. The number of H-pyrrole nitrogens is 1. The van der Waals surface area contributed by atoms with Crippen LogP contribution >= 0.6 is 12.2 Å². The van der Waals surface area contributed by atoms with Gasteiger partial charge in [-0.25, -0.2) is 4.98 Å². The zero-order valence-corrected chi connectivity index (χ0v) is 15.5. The summed E-state index contributed by atoms with van der Waals surface area (Å²) in [6.45, 7) is 2.55. The van der Waals surface area contributed by atoms with Crippen molar-refractivity contribution in [3.63, 3.8) is 0 Å². The van der Waals surface area contributed by atoms with Crippen molar-refractivity contribution in [2.24, 2.45) is 0 Å². The molecule has 7 nitrogen and oxygen atoms in total. The van der Waals surface area contributed by atoms with E-state index in [0.29, 0.717) is 37.1 Å². The molecule has 8 heteroatoms. The van der Waals surface area contributed by atoms with Crippen molar-refractivity contribution in [1.82, 2.24) is 19.4 Å². The van der Waals surface area contributed by atoms with Gasteiger partial charge >= 0.3 is 0 Å². The van der Waals surface area contributed by atoms with E-state index in [0.717, 1.165) is 5.82 Å². The number of rotatable bonds is 3. The van der Waals surface area contributed by atoms with Gasteiger partial charge in [0, 0.05) is 32.4 Å². The summed E-state index contributed by atoms with van der Waals surface area (Å²) in [5, 5.41) is 0.527. The molecule has 0 unspecified atom stereocenters. The smallest absolute Gasteiger partial charge is 0.262 e. The van der Waals surface area contributed by atoms with Gasteiger partial charge in [0.1, 0.15) is 12.4 Å². The van der Waals surface area contributed by atoms with Crippen molar-refractivity contribution in [1.29, 1.82) is 0 Å². The number of benzene rings is 1. The zero-order chi connectivity index (χ0) is 18.8. The van der Waals surface area contributed by atoms with Crippen LogP contribution in [0.1, 0.15) is 0 Å². The molecular weight excluding hydrogens is 362 g/mol. The van der Waals surface area contributed by atoms with Crippen LogP contribution in [-0.2, 0) is 11.3 Å². The summed E-state index contributed by atoms with van der Waals surface area (Å²) in [7, 11) is 0. The Hall–Kier alpha value is -3.00. The van der Waals surface area contributed by atoms with Crippen LogP contribution in [-0.4, -0.2) is 51.5 Å². The highest BCUT2D eigenvalue weighted by molar-refractivity contribution is 7.71. The summed E-state index contributed by atoms with van der Waals surface area (Å²) < 4.78 is 1.60. The van der Waals surface area contributed by atoms with Gasteiger partial charge in [-0.05, 0) is 36.5 Å². The second-order valence-electron chi connectivity index (χ2n) is 6.42. The lowest BCUT2D eigenvalue weighted by Gasteiger charge is -2.35. The number of aromatic nitrogens is 3. The topological polar surface area (TPSA) is 74.2 Å². The van der Waals surface area contributed by atoms with Crippen molar-refractivity contribution < 1.29 is 4.79 Å². The first-order valence-electron chi connectivity index (χ1n) is 8.79. The zero-order valence-electron chi connectivity index (χ0n) is 14.7. The average Bonchev–Trinajstić information content (AvgIpc) is 2.72. The van der Waals surface area contributed by atoms with Crippen LogP contribution in [0.15, 0.2) is 53.5 Å². The normalized spacial score (nSPS) is 14.5. The number of amides is 1. The van der Waals surface area contributed by atoms with Crippen molar-refractivity contribution in [2.45, 2.75) is 6.54 Å². The molecule has 1 amide bonds. The number of piperazine rings is 1. The van der Waals surface area contributed by atoms with E-state index in [1.807, 2.05) is 24.3 Å². The van der Waals surface area contributed by atoms with Gasteiger partial charge in [-0.15, -0.1) is 0 Å². The molecule has 1 fully saturated rings. The van der Waals surface area contributed by atoms with E-state index in [-0.39, 0.29) is 22.8 Å². The number of nitrogens with zero attached hydrogens (tertiary/aromatic N) is 4. The molecule has 4 rings (SSSR count). The van der Waals surface area contributed by atoms with Crippen LogP contribution in [0.2, 0.25) is 0 Å². The molecule has 1 saturated heterocycles. The molecule has 1 aromatic carbocycles. The van der Waals surface area contributed by atoms with Crippen LogP contribution in [0.4, 0.5) is 5.82 Å². The van der Waals surface area contributed by atoms with Crippen molar-refractivity contribution in [3.8, 4) is 0 Å². The predicted octanol–water partition coefficient (Wildman–Crippen LogP) is 1.80. The molecule has 1 aliphatic heterocycles. The van der Waals surface area contributed by atoms with Crippen molar-refractivity contribution in [2.75, 3.05) is 31.1 Å². The number of hydrogen-bond acceptors (Lipinski definition) is 5. The number of fused-ring (bicyclic) bond motifs is 1. The highest BCUT2D eigenvalue weighted by Crippen LogP contribution is 2.13. The van der Waals surface area contributed by atoms with E-state index >= 15 is 0 Å². The van der Waals surface area contributed by atoms with E-state index in [4.69, 9.17) is 12.2 Å². The molecule has 0 radical (unpaired) electrons. The largest absolute Gasteiger partial charge is 0.353 e. The van der Waals surface area contributed by atoms with E-state index < -0.39 is 0 Å². The number of carbonyl (C=O) groups is 1. The molecular formula is C19H19N5O2S. The molecule has 0 spiro atoms. The number of carbonyl (C=O) groups excluding carboxylic acids is 1. The Morgan fingerprint density at radius 3 is 2.56 bits per heavy atom. The molecule has 138 valence electrons. The maximum Gasteiger partial charge on any atom is 0.262 e. The summed E-state index contributed by atoms with van der Waals surface area (Å²) >= 11 is 5.29. The number of para-hydroxylation sites is 1. The van der Waals surface area contributed by atoms with Gasteiger partial charge in [-0.2, -0.15) is 0 Å². The third-order valence-corrected chi connectivity index (χ3v) is 5.11. The fourth-order valence-corrected chi connectivity index (χ4v) is 3.56. The third kappa shape index (κ3) is 3.48. The molecule has 0 saturated carbocycles. The van der Waals surface area contributed by atoms with Gasteiger partial charge in [0.05, 0.1) is 10.9 Å². The number of hydrogen-bond donors (Lipinski definition) is 1. The fourth-order valence-electron chi connectivity index (χ4n) is 3.30. The first-order valence-corrected chi connectivity index (χ1v) is 9.20. The number of pyridine rings is 1. The van der Waals surface area contributed by atoms with Gasteiger partial charge in [-0.1, -0.05) is 18.2 Å². The van der Waals surface area contributed by atoms with Crippen LogP contribution in [0.25, 0.3) is 10.9 Å². The van der Waals surface area contributed by atoms with E-state index in [2.05, 4.69) is 14.9 Å². The van der Waals surface area contributed by atoms with Gasteiger partial charge in [0.25, 0.3) is 5.56 Å². The number of anilines is 1. The molecule has 0 atom stereocenters. The standard InChI is InChI=1S/C19H19N5O2S/c25-17(23-11-9-22(10-12-23)16-7-3-4-8-20-16)13-24-18(26)14-5-1-2-6-15(14)21-19(24)27/h1-8H,9-13H2,(H,21,27). The summed E-state index contributed by atoms with van der Waals surface area (Å²) in [6, 6.07) is 13.0. The van der Waals surface area contributed by atoms with Crippen molar-refractivity contribution in [3.05, 3.63) is 63.8 Å². The Kier molecular flexibility index (Phi) is 4.72. The van der Waals surface area contributed by atoms with Gasteiger partial charge in [0.15, 0.2) is 4.77 Å². The second-order valence-corrected chi connectivity index (χ2v) is 6.81. The Morgan fingerprint density at radius 2 is 1.81 bits per heavy atom. The first-order chi connectivity index (χ1) is 13.1. The molecule has 27 heavy (non-hydrogen) atoms. The summed E-state index contributed by atoms with van der Waals surface area (Å²) in [4.78, 5) is 36.7. The SMILES string of the molecule is O=C(Cn1c(=S)[nH]c2ccccc2c1=O)N1CCN(c2ccccn2)CC1. The summed E-state index contributed by atoms with van der Waals surface area (Å²) in [6.07, 6.45) is 1.76. The second kappa shape index (κ2) is 7.32. The van der Waals surface area contributed by atoms with E-state index in [1.165, 1.54) is 4.57 Å². The van der Waals surface area contributed by atoms with Crippen LogP contribution in [0, 0.1) is 4.77 Å². The molecule has 1 aliphatic rings. The Balaban J connectivity index is 1.48. The molecule has 3 heterocycles. The maximum absolute atomic E-state index is 12.7. The Bertz CT molecular complexity index is 1080. The maximum atomic E-state index is 12.7. The van der Waals surface area contributed by atoms with Gasteiger partial charge in [-0.3, -0.25) is 14.2 Å². The van der Waals surface area contributed by atoms with E-state index in [1.54, 1.807) is 29.3 Å². The lowest BCUT2D eigenvalue weighted by Crippen LogP contribution is -2.50. The predicted molar refractivity (Wildman–Crippen MR) is 106 cm³/mol. The van der Waals surface area contributed by atoms with Gasteiger partial charge in [0.2, 0.25) is 5.91 Å². The summed E-state index contributed by atoms with van der Waals surface area (Å²) in [5.74, 6) is 0.811. The minimum atomic E-state index is -0.241. The van der Waals surface area contributed by atoms with Gasteiger partial charge < -0.3 is 14.8 Å². The molecule has 0 bridgehead atoms. The fraction of sp³-hybridized carbons (Fsp3) is 0.263. The van der Waals surface area contributed by atoms with Crippen LogP contribution in [0.3, 0.4) is 0 Å². The highest BCUT2D eigenvalue weighted by Gasteiger charge is 2.22. The highest BCUT2D eigenvalue weighted by atomic mass is 32.1.